The Morgan fingerprint density at radius 3 is 1.96 bits per heavy atom. The standard InChI is InChI=1S/C37H39ClF3N4O7P/c1-25-21-31(34(47)43-33(25)46)32-23-44(36(26-11-5-2-6-12-26,27-13-7-3-8-14-27)28-15-9-4-10-16-28)22-30(51-32)24-50-53(38,49)52-45-19-17-29(18-20-45)42-35(48)37(39,40)41/h2-16,21,29-32H,17-20,22-24H2,1H3,(H,42,48)(H,43,46,47)/t30-,31+,32+,53?/m0/s1. The van der Waals surface area contributed by atoms with Crippen molar-refractivity contribution >= 4 is 35.9 Å². The molecule has 16 heteroatoms. The molecule has 0 spiro atoms. The number of rotatable bonds is 11. The number of ether oxygens (including phenoxy) is 1. The average Bonchev–Trinajstić information content (AvgIpc) is 3.14. The lowest BCUT2D eigenvalue weighted by atomic mass is 9.74. The van der Waals surface area contributed by atoms with E-state index in [2.05, 4.69) is 10.2 Å². The molecule has 3 heterocycles. The second kappa shape index (κ2) is 16.2. The van der Waals surface area contributed by atoms with Crippen LogP contribution in [0.2, 0.25) is 0 Å². The Labute approximate surface area is 309 Å². The van der Waals surface area contributed by atoms with Gasteiger partial charge in [-0.25, -0.2) is 9.19 Å². The first-order valence-corrected chi connectivity index (χ1v) is 19.6. The molecule has 2 fully saturated rings. The molecule has 0 aromatic heterocycles. The second-order valence-electron chi connectivity index (χ2n) is 13.2. The van der Waals surface area contributed by atoms with Crippen molar-refractivity contribution < 1.29 is 46.0 Å². The molecule has 4 atom stereocenters. The van der Waals surface area contributed by atoms with Crippen molar-refractivity contribution in [2.75, 3.05) is 32.8 Å². The van der Waals surface area contributed by atoms with Gasteiger partial charge in [0.25, 0.3) is 5.91 Å². The number of nitrogens with zero attached hydrogens (tertiary/aromatic N) is 2. The highest BCUT2D eigenvalue weighted by molar-refractivity contribution is 7.81. The number of imide groups is 1. The van der Waals surface area contributed by atoms with Gasteiger partial charge in [0.05, 0.1) is 30.3 Å². The van der Waals surface area contributed by atoms with E-state index in [1.807, 2.05) is 96.3 Å². The van der Waals surface area contributed by atoms with Crippen LogP contribution in [0.5, 0.6) is 0 Å². The number of amides is 3. The molecule has 0 aliphatic carbocycles. The smallest absolute Gasteiger partial charge is 0.369 e. The Balaban J connectivity index is 1.28. The summed E-state index contributed by atoms with van der Waals surface area (Å²) in [5.41, 5.74) is 2.26. The predicted octanol–water partition coefficient (Wildman–Crippen LogP) is 5.70. The van der Waals surface area contributed by atoms with Gasteiger partial charge < -0.3 is 10.1 Å². The first-order chi connectivity index (χ1) is 25.3. The number of nitrogens with one attached hydrogen (secondary N) is 2. The second-order valence-corrected chi connectivity index (χ2v) is 15.7. The van der Waals surface area contributed by atoms with E-state index in [4.69, 9.17) is 25.1 Å². The van der Waals surface area contributed by atoms with Crippen LogP contribution in [0.4, 0.5) is 13.2 Å². The van der Waals surface area contributed by atoms with Gasteiger partial charge in [0, 0.05) is 49.0 Å². The summed E-state index contributed by atoms with van der Waals surface area (Å²) in [4.78, 5) is 39.2. The maximum absolute atomic E-state index is 13.5. The van der Waals surface area contributed by atoms with E-state index in [0.717, 1.165) is 16.7 Å². The molecule has 3 aromatic carbocycles. The number of carbonyl (C=O) groups is 3. The van der Waals surface area contributed by atoms with Crippen molar-refractivity contribution in [1.82, 2.24) is 20.6 Å². The third-order valence-electron chi connectivity index (χ3n) is 9.64. The molecule has 1 unspecified atom stereocenters. The minimum atomic E-state index is -5.00. The third kappa shape index (κ3) is 8.92. The van der Waals surface area contributed by atoms with E-state index in [9.17, 15) is 32.1 Å². The van der Waals surface area contributed by atoms with Crippen LogP contribution < -0.4 is 10.6 Å². The summed E-state index contributed by atoms with van der Waals surface area (Å²) in [6, 6.07) is 29.0. The number of hydrogen-bond donors (Lipinski definition) is 2. The third-order valence-corrected chi connectivity index (χ3v) is 11.0. The summed E-state index contributed by atoms with van der Waals surface area (Å²) < 4.78 is 69.3. The fourth-order valence-electron chi connectivity index (χ4n) is 7.19. The van der Waals surface area contributed by atoms with Gasteiger partial charge in [0.1, 0.15) is 0 Å². The predicted molar refractivity (Wildman–Crippen MR) is 189 cm³/mol. The van der Waals surface area contributed by atoms with Gasteiger partial charge >= 0.3 is 19.0 Å². The number of piperidine rings is 1. The van der Waals surface area contributed by atoms with Gasteiger partial charge in [0.15, 0.2) is 0 Å². The summed E-state index contributed by atoms with van der Waals surface area (Å²) in [5, 5.41) is 5.61. The number of benzene rings is 3. The van der Waals surface area contributed by atoms with E-state index < -0.39 is 60.6 Å². The van der Waals surface area contributed by atoms with E-state index >= 15 is 0 Å². The maximum atomic E-state index is 13.5. The Hall–Kier alpha value is -3.88. The molecule has 282 valence electrons. The fourth-order valence-corrected chi connectivity index (χ4v) is 8.46. The first kappa shape index (κ1) is 38.8. The van der Waals surface area contributed by atoms with Crippen LogP contribution in [0.3, 0.4) is 0 Å². The molecule has 0 radical (unpaired) electrons. The first-order valence-electron chi connectivity index (χ1n) is 17.1. The SMILES string of the molecule is CC1=C[C@H]([C@H]2CN(C(c3ccccc3)(c3ccccc3)c3ccccc3)C[C@@H](COP(=O)(Cl)ON3CCC(NC(=O)C(F)(F)F)CC3)O2)C(=O)NC1=O. The zero-order valence-electron chi connectivity index (χ0n) is 28.7. The van der Waals surface area contributed by atoms with Crippen LogP contribution in [0, 0.1) is 5.92 Å². The van der Waals surface area contributed by atoms with Gasteiger partial charge in [-0.05, 0) is 36.5 Å². The molecule has 3 aliphatic rings. The highest BCUT2D eigenvalue weighted by Crippen LogP contribution is 2.55. The Morgan fingerprint density at radius 2 is 1.45 bits per heavy atom. The molecule has 11 nitrogen and oxygen atoms in total. The van der Waals surface area contributed by atoms with Crippen LogP contribution >= 0.6 is 18.2 Å². The summed E-state index contributed by atoms with van der Waals surface area (Å²) in [7, 11) is 0. The molecule has 53 heavy (non-hydrogen) atoms. The molecule has 2 saturated heterocycles. The highest BCUT2D eigenvalue weighted by atomic mass is 35.7. The van der Waals surface area contributed by atoms with Crippen LogP contribution in [0.1, 0.15) is 36.5 Å². The van der Waals surface area contributed by atoms with Crippen molar-refractivity contribution in [3.05, 3.63) is 119 Å². The van der Waals surface area contributed by atoms with Gasteiger partial charge in [-0.2, -0.15) is 18.2 Å². The Morgan fingerprint density at radius 1 is 0.925 bits per heavy atom. The molecular formula is C37H39ClF3N4O7P. The van der Waals surface area contributed by atoms with Crippen LogP contribution in [0.15, 0.2) is 103 Å². The fraction of sp³-hybridized carbons (Fsp3) is 0.378. The topological polar surface area (TPSA) is 127 Å². The van der Waals surface area contributed by atoms with E-state index in [1.54, 1.807) is 13.0 Å². The lowest BCUT2D eigenvalue weighted by Crippen LogP contribution is -2.61. The average molecular weight is 775 g/mol. The van der Waals surface area contributed by atoms with Crippen molar-refractivity contribution in [2.24, 2.45) is 5.92 Å². The van der Waals surface area contributed by atoms with Crippen molar-refractivity contribution in [2.45, 2.75) is 49.7 Å². The normalized spacial score (nSPS) is 23.5. The Kier molecular flexibility index (Phi) is 11.9. The number of hydrogen-bond acceptors (Lipinski definition) is 9. The number of hydroxylamine groups is 2. The summed E-state index contributed by atoms with van der Waals surface area (Å²) >= 11 is 6.30. The molecule has 6 rings (SSSR count). The lowest BCUT2D eigenvalue weighted by molar-refractivity contribution is -0.175. The zero-order valence-corrected chi connectivity index (χ0v) is 30.4. The van der Waals surface area contributed by atoms with Gasteiger partial charge in [0.2, 0.25) is 5.91 Å². The lowest BCUT2D eigenvalue weighted by Gasteiger charge is -2.51. The van der Waals surface area contributed by atoms with Crippen molar-refractivity contribution in [3.8, 4) is 0 Å². The quantitative estimate of drug-likeness (QED) is 0.143. The summed E-state index contributed by atoms with van der Waals surface area (Å²) in [6.07, 6.45) is -4.82. The van der Waals surface area contributed by atoms with Crippen molar-refractivity contribution in [1.29, 1.82) is 0 Å². The molecule has 0 saturated carbocycles. The molecular weight excluding hydrogens is 736 g/mol. The van der Waals surface area contributed by atoms with Crippen LogP contribution in [-0.4, -0.2) is 84.9 Å². The number of carbonyl (C=O) groups excluding carboxylic acids is 3. The van der Waals surface area contributed by atoms with Crippen LogP contribution in [-0.2, 0) is 38.4 Å². The van der Waals surface area contributed by atoms with E-state index in [-0.39, 0.29) is 45.6 Å². The number of morpholine rings is 1. The van der Waals surface area contributed by atoms with E-state index in [1.165, 1.54) is 5.06 Å². The summed E-state index contributed by atoms with van der Waals surface area (Å²) in [6.45, 7) is -2.51. The highest BCUT2D eigenvalue weighted by Gasteiger charge is 2.49. The number of halogens is 4. The maximum Gasteiger partial charge on any atom is 0.471 e. The number of alkyl halides is 3. The largest absolute Gasteiger partial charge is 0.471 e. The molecule has 3 amide bonds. The molecule has 3 aromatic rings. The minimum absolute atomic E-state index is 0.0353. The van der Waals surface area contributed by atoms with Crippen LogP contribution in [0.25, 0.3) is 0 Å². The minimum Gasteiger partial charge on any atom is -0.369 e. The monoisotopic (exact) mass is 774 g/mol. The van der Waals surface area contributed by atoms with Gasteiger partial charge in [-0.15, -0.1) is 0 Å². The van der Waals surface area contributed by atoms with Gasteiger partial charge in [-0.3, -0.25) is 29.1 Å². The Bertz CT molecular complexity index is 1750. The molecule has 2 N–H and O–H groups in total. The van der Waals surface area contributed by atoms with Crippen molar-refractivity contribution in [3.63, 3.8) is 0 Å². The van der Waals surface area contributed by atoms with E-state index in [0.29, 0.717) is 5.57 Å². The van der Waals surface area contributed by atoms with Gasteiger partial charge in [-0.1, -0.05) is 97.1 Å². The summed E-state index contributed by atoms with van der Waals surface area (Å²) in [5.74, 6) is -3.88. The molecule has 3 aliphatic heterocycles. The zero-order chi connectivity index (χ0) is 37.8. The molecule has 0 bridgehead atoms.